The number of amides is 2. The molecule has 2 aromatic carbocycles. The molecule has 3 heterocycles. The molecule has 0 aliphatic rings. The molecule has 192 valence electrons. The minimum atomic E-state index is -0.410. The molecule has 3 N–H and O–H groups in total. The van der Waals surface area contributed by atoms with Crippen molar-refractivity contribution in [3.8, 4) is 5.69 Å². The first-order chi connectivity index (χ1) is 18.3. The second-order valence-corrected chi connectivity index (χ2v) is 9.56. The highest BCUT2D eigenvalue weighted by molar-refractivity contribution is 6.40. The molecule has 0 atom stereocenters. The Morgan fingerprint density at radius 1 is 1.03 bits per heavy atom. The summed E-state index contributed by atoms with van der Waals surface area (Å²) in [5.41, 5.74) is 2.46. The van der Waals surface area contributed by atoms with Crippen molar-refractivity contribution in [2.75, 3.05) is 10.6 Å². The van der Waals surface area contributed by atoms with Crippen LogP contribution in [0.3, 0.4) is 0 Å². The largest absolute Gasteiger partial charge is 0.324 e. The minimum absolute atomic E-state index is 0.286. The van der Waals surface area contributed by atoms with E-state index in [-0.39, 0.29) is 15.6 Å². The fourth-order valence-corrected chi connectivity index (χ4v) is 4.95. The summed E-state index contributed by atoms with van der Waals surface area (Å²) in [4.78, 5) is 36.9. The maximum Gasteiger partial charge on any atom is 0.324 e. The number of aryl methyl sites for hydroxylation is 1. The highest BCUT2D eigenvalue weighted by Crippen LogP contribution is 2.33. The van der Waals surface area contributed by atoms with Crippen LogP contribution in [0.4, 0.5) is 16.3 Å². The number of urea groups is 1. The molecule has 5 aromatic rings. The van der Waals surface area contributed by atoms with Gasteiger partial charge in [-0.3, -0.25) is 10.1 Å². The molecule has 0 unspecified atom stereocenters. The molecule has 0 aliphatic heterocycles. The number of fused-ring (bicyclic) bond motifs is 1. The van der Waals surface area contributed by atoms with Crippen LogP contribution in [0.15, 0.2) is 65.6 Å². The van der Waals surface area contributed by atoms with Crippen molar-refractivity contribution in [2.45, 2.75) is 19.8 Å². The lowest BCUT2D eigenvalue weighted by atomic mass is 10.1. The van der Waals surface area contributed by atoms with Gasteiger partial charge in [-0.1, -0.05) is 59.9 Å². The van der Waals surface area contributed by atoms with Crippen molar-refractivity contribution in [1.82, 2.24) is 24.7 Å². The predicted octanol–water partition coefficient (Wildman–Crippen LogP) is 6.26. The summed E-state index contributed by atoms with van der Waals surface area (Å²) < 4.78 is 1.49. The number of hydrogen-bond acceptors (Lipinski definition) is 5. The maximum absolute atomic E-state index is 13.1. The zero-order valence-corrected chi connectivity index (χ0v) is 22.2. The third kappa shape index (κ3) is 5.35. The third-order valence-corrected chi connectivity index (χ3v) is 6.47. The summed E-state index contributed by atoms with van der Waals surface area (Å²) in [5.74, 6) is 0.875. The lowest BCUT2D eigenvalue weighted by Crippen LogP contribution is -2.19. The zero-order chi connectivity index (χ0) is 26.8. The van der Waals surface area contributed by atoms with Gasteiger partial charge in [0.15, 0.2) is 5.65 Å². The second-order valence-electron chi connectivity index (χ2n) is 8.31. The number of anilines is 2. The number of nitrogens with zero attached hydrogens (tertiary/aromatic N) is 4. The van der Waals surface area contributed by atoms with Gasteiger partial charge in [0.25, 0.3) is 5.56 Å². The van der Waals surface area contributed by atoms with Gasteiger partial charge in [-0.15, -0.1) is 0 Å². The Labute approximate surface area is 231 Å². The molecule has 12 heteroatoms. The predicted molar refractivity (Wildman–Crippen MR) is 150 cm³/mol. The Balaban J connectivity index is 1.42. The first kappa shape index (κ1) is 25.7. The molecule has 0 bridgehead atoms. The number of nitrogens with one attached hydrogen (secondary N) is 3. The van der Waals surface area contributed by atoms with E-state index >= 15 is 0 Å². The molecule has 0 saturated heterocycles. The van der Waals surface area contributed by atoms with Gasteiger partial charge < -0.3 is 10.3 Å². The van der Waals surface area contributed by atoms with Crippen molar-refractivity contribution in [3.63, 3.8) is 0 Å². The van der Waals surface area contributed by atoms with Crippen LogP contribution < -0.4 is 16.2 Å². The molecule has 5 rings (SSSR count). The van der Waals surface area contributed by atoms with E-state index in [0.717, 1.165) is 5.56 Å². The lowest BCUT2D eigenvalue weighted by molar-refractivity contribution is 0.262. The Morgan fingerprint density at radius 2 is 1.76 bits per heavy atom. The molecule has 0 aliphatic carbocycles. The summed E-state index contributed by atoms with van der Waals surface area (Å²) >= 11 is 19.0. The van der Waals surface area contributed by atoms with Crippen LogP contribution in [0.5, 0.6) is 0 Å². The highest BCUT2D eigenvalue weighted by Gasteiger charge is 2.21. The molecular formula is C26H20Cl3N7O2. The number of carbonyl (C=O) groups excluding carboxylic acids is 1. The van der Waals surface area contributed by atoms with Crippen molar-refractivity contribution < 1.29 is 4.79 Å². The number of carbonyl (C=O) groups is 1. The standard InChI is InChI=1S/C26H20Cl3N7O2/c1-2-19-22-24(36(35-19)23-17(28)12-15(27)13-18(23)29)32-21(33-25(22)37)11-14-6-8-16(9-7-14)31-26(38)34-20-5-3-4-10-30-20/h3-10,12-13H,2,11H2,1H3,(H,32,33,37)(H2,30,31,34,38). The van der Waals surface area contributed by atoms with E-state index in [9.17, 15) is 9.59 Å². The Kier molecular flexibility index (Phi) is 7.33. The molecule has 0 radical (unpaired) electrons. The van der Waals surface area contributed by atoms with Gasteiger partial charge in [-0.25, -0.2) is 19.4 Å². The molecular weight excluding hydrogens is 549 g/mol. The van der Waals surface area contributed by atoms with Crippen molar-refractivity contribution in [2.24, 2.45) is 0 Å². The fourth-order valence-electron chi connectivity index (χ4n) is 3.98. The van der Waals surface area contributed by atoms with Crippen molar-refractivity contribution in [3.05, 3.63) is 103 Å². The topological polar surface area (TPSA) is 118 Å². The molecule has 0 fully saturated rings. The quantitative estimate of drug-likeness (QED) is 0.223. The van der Waals surface area contributed by atoms with Crippen LogP contribution >= 0.6 is 34.8 Å². The van der Waals surface area contributed by atoms with Crippen LogP contribution in [0.1, 0.15) is 24.0 Å². The van der Waals surface area contributed by atoms with Crippen LogP contribution in [0.25, 0.3) is 16.7 Å². The van der Waals surface area contributed by atoms with E-state index < -0.39 is 6.03 Å². The summed E-state index contributed by atoms with van der Waals surface area (Å²) in [6.07, 6.45) is 2.44. The van der Waals surface area contributed by atoms with Gasteiger partial charge in [-0.2, -0.15) is 5.10 Å². The number of pyridine rings is 1. The van der Waals surface area contributed by atoms with Crippen molar-refractivity contribution >= 4 is 63.4 Å². The van der Waals surface area contributed by atoms with Crippen LogP contribution in [0, 0.1) is 0 Å². The number of hydrogen-bond donors (Lipinski definition) is 3. The Morgan fingerprint density at radius 3 is 2.42 bits per heavy atom. The van der Waals surface area contributed by atoms with Crippen LogP contribution in [-0.2, 0) is 12.8 Å². The number of halogens is 3. The SMILES string of the molecule is CCc1nn(-c2c(Cl)cc(Cl)cc2Cl)c2nc(Cc3ccc(NC(=O)Nc4ccccn4)cc3)[nH]c(=O)c12. The number of aromatic nitrogens is 5. The number of benzene rings is 2. The van der Waals surface area contributed by atoms with E-state index in [1.165, 1.54) is 4.68 Å². The van der Waals surface area contributed by atoms with Crippen molar-refractivity contribution in [1.29, 1.82) is 0 Å². The second kappa shape index (κ2) is 10.8. The number of aromatic amines is 1. The lowest BCUT2D eigenvalue weighted by Gasteiger charge is -2.10. The van der Waals surface area contributed by atoms with Gasteiger partial charge >= 0.3 is 6.03 Å². The number of H-pyrrole nitrogens is 1. The Hall–Kier alpha value is -3.92. The first-order valence-electron chi connectivity index (χ1n) is 11.6. The molecule has 0 saturated carbocycles. The van der Waals surface area contributed by atoms with Crippen LogP contribution in [0.2, 0.25) is 15.1 Å². The molecule has 2 amide bonds. The molecule has 3 aromatic heterocycles. The molecule has 38 heavy (non-hydrogen) atoms. The highest BCUT2D eigenvalue weighted by atomic mass is 35.5. The van der Waals surface area contributed by atoms with Gasteiger partial charge in [0.05, 0.1) is 15.7 Å². The smallest absolute Gasteiger partial charge is 0.310 e. The maximum atomic E-state index is 13.1. The fraction of sp³-hybridized carbons (Fsp3) is 0.115. The summed E-state index contributed by atoms with van der Waals surface area (Å²) in [6.45, 7) is 1.90. The third-order valence-electron chi connectivity index (χ3n) is 5.68. The monoisotopic (exact) mass is 567 g/mol. The van der Waals surface area contributed by atoms with E-state index in [4.69, 9.17) is 39.8 Å². The van der Waals surface area contributed by atoms with Gasteiger partial charge in [-0.05, 0) is 48.4 Å². The van der Waals surface area contributed by atoms with E-state index in [1.807, 2.05) is 19.1 Å². The van der Waals surface area contributed by atoms with Crippen LogP contribution in [-0.4, -0.2) is 30.8 Å². The number of rotatable bonds is 6. The van der Waals surface area contributed by atoms with E-state index in [1.54, 1.807) is 48.7 Å². The summed E-state index contributed by atoms with van der Waals surface area (Å²) in [7, 11) is 0. The molecule has 9 nitrogen and oxygen atoms in total. The van der Waals surface area contributed by atoms with Gasteiger partial charge in [0.2, 0.25) is 0 Å². The zero-order valence-electron chi connectivity index (χ0n) is 19.9. The average Bonchev–Trinajstić information content (AvgIpc) is 3.24. The summed E-state index contributed by atoms with van der Waals surface area (Å²) in [6, 6.07) is 15.1. The average molecular weight is 569 g/mol. The summed E-state index contributed by atoms with van der Waals surface area (Å²) in [5, 5.41) is 11.3. The normalized spacial score (nSPS) is 11.1. The van der Waals surface area contributed by atoms with Gasteiger partial charge in [0.1, 0.15) is 22.7 Å². The molecule has 0 spiro atoms. The van der Waals surface area contributed by atoms with Gasteiger partial charge in [0, 0.05) is 23.3 Å². The van der Waals surface area contributed by atoms with E-state index in [0.29, 0.717) is 57.6 Å². The minimum Gasteiger partial charge on any atom is -0.310 e. The van der Waals surface area contributed by atoms with E-state index in [2.05, 4.69) is 25.7 Å². The first-order valence-corrected chi connectivity index (χ1v) is 12.7. The Bertz CT molecular complexity index is 1680.